The van der Waals surface area contributed by atoms with Crippen molar-refractivity contribution in [2.75, 3.05) is 0 Å². The Morgan fingerprint density at radius 3 is 3.00 bits per heavy atom. The van der Waals surface area contributed by atoms with E-state index >= 15 is 0 Å². The van der Waals surface area contributed by atoms with Crippen LogP contribution < -0.4 is 4.57 Å². The van der Waals surface area contributed by atoms with E-state index in [1.807, 2.05) is 34.9 Å². The van der Waals surface area contributed by atoms with Gasteiger partial charge in [-0.2, -0.15) is 4.57 Å². The number of fused-ring (bicyclic) bond motifs is 7. The SMILES string of the molecule is c1cnc2c(c1)C[n+]1c-2sc2c3ccccc3sc21. The zero-order chi connectivity index (χ0) is 12.4. The largest absolute Gasteiger partial charge is 0.290 e. The van der Waals surface area contributed by atoms with Crippen molar-refractivity contribution in [3.8, 4) is 10.7 Å². The average Bonchev–Trinajstić information content (AvgIpc) is 3.07. The molecule has 0 bridgehead atoms. The predicted octanol–water partition coefficient (Wildman–Crippen LogP) is 3.83. The third-order valence-electron chi connectivity index (χ3n) is 3.64. The number of thiophene rings is 1. The summed E-state index contributed by atoms with van der Waals surface area (Å²) < 4.78 is 5.21. The van der Waals surface area contributed by atoms with Crippen LogP contribution in [0.25, 0.3) is 30.3 Å². The molecule has 4 heterocycles. The molecule has 0 amide bonds. The van der Waals surface area contributed by atoms with Crippen molar-refractivity contribution in [1.29, 1.82) is 0 Å². The minimum atomic E-state index is 0.964. The van der Waals surface area contributed by atoms with Gasteiger partial charge in [0.05, 0.1) is 5.56 Å². The van der Waals surface area contributed by atoms with Gasteiger partial charge in [0.2, 0.25) is 0 Å². The van der Waals surface area contributed by atoms with Crippen LogP contribution >= 0.6 is 22.7 Å². The summed E-state index contributed by atoms with van der Waals surface area (Å²) >= 11 is 3.77. The Bertz CT molecular complexity index is 949. The molecule has 1 aliphatic heterocycles. The van der Waals surface area contributed by atoms with Crippen LogP contribution in [0.2, 0.25) is 0 Å². The van der Waals surface area contributed by atoms with Gasteiger partial charge in [-0.3, -0.25) is 0 Å². The van der Waals surface area contributed by atoms with Crippen LogP contribution in [-0.2, 0) is 6.54 Å². The van der Waals surface area contributed by atoms with E-state index in [2.05, 4.69) is 39.9 Å². The molecule has 90 valence electrons. The van der Waals surface area contributed by atoms with Gasteiger partial charge in [-0.1, -0.05) is 40.9 Å². The monoisotopic (exact) mass is 281 g/mol. The molecule has 5 rings (SSSR count). The van der Waals surface area contributed by atoms with Gasteiger partial charge in [-0.05, 0) is 18.2 Å². The molecule has 3 aromatic heterocycles. The normalized spacial score (nSPS) is 13.1. The Morgan fingerprint density at radius 2 is 2.00 bits per heavy atom. The first-order valence-electron chi connectivity index (χ1n) is 6.20. The lowest BCUT2D eigenvalue weighted by atomic mass is 10.2. The molecule has 0 saturated heterocycles. The van der Waals surface area contributed by atoms with Gasteiger partial charge < -0.3 is 0 Å². The third kappa shape index (κ3) is 1.20. The minimum absolute atomic E-state index is 0.964. The first kappa shape index (κ1) is 10.1. The van der Waals surface area contributed by atoms with Gasteiger partial charge >= 0.3 is 0 Å². The fourth-order valence-corrected chi connectivity index (χ4v) is 5.48. The van der Waals surface area contributed by atoms with Crippen molar-refractivity contribution in [3.63, 3.8) is 0 Å². The molecule has 0 N–H and O–H groups in total. The molecule has 4 heteroatoms. The Morgan fingerprint density at radius 1 is 1.05 bits per heavy atom. The molecular formula is C15H9N2S2+. The van der Waals surface area contributed by atoms with Crippen molar-refractivity contribution in [3.05, 3.63) is 48.2 Å². The lowest BCUT2D eigenvalue weighted by molar-refractivity contribution is -0.639. The van der Waals surface area contributed by atoms with Gasteiger partial charge in [0.1, 0.15) is 4.70 Å². The summed E-state index contributed by atoms with van der Waals surface area (Å²) in [6.45, 7) is 0.964. The van der Waals surface area contributed by atoms with Crippen LogP contribution in [0.15, 0.2) is 42.6 Å². The molecule has 0 saturated carbocycles. The average molecular weight is 281 g/mol. The zero-order valence-corrected chi connectivity index (χ0v) is 11.6. The highest BCUT2D eigenvalue weighted by Crippen LogP contribution is 2.41. The van der Waals surface area contributed by atoms with E-state index in [0.29, 0.717) is 0 Å². The summed E-state index contributed by atoms with van der Waals surface area (Å²) in [4.78, 5) is 5.94. The molecule has 0 radical (unpaired) electrons. The van der Waals surface area contributed by atoms with Crippen LogP contribution in [0.3, 0.4) is 0 Å². The standard InChI is InChI=1S/C15H9N2S2/c1-2-6-11-10(5-1)13-15(18-11)17-8-9-4-3-7-16-12(9)14(17)19-13/h1-7H,8H2/q+1. The van der Waals surface area contributed by atoms with Gasteiger partial charge in [-0.15, -0.1) is 0 Å². The maximum Gasteiger partial charge on any atom is 0.290 e. The molecule has 0 fully saturated rings. The van der Waals surface area contributed by atoms with Crippen molar-refractivity contribution in [2.24, 2.45) is 0 Å². The van der Waals surface area contributed by atoms with Crippen molar-refractivity contribution in [2.45, 2.75) is 6.54 Å². The summed E-state index contributed by atoms with van der Waals surface area (Å²) in [6.07, 6.45) is 1.89. The number of thiazole rings is 1. The van der Waals surface area contributed by atoms with Crippen LogP contribution in [0.1, 0.15) is 5.56 Å². The minimum Gasteiger partial charge on any atom is -0.248 e. The van der Waals surface area contributed by atoms with Gasteiger partial charge in [-0.25, -0.2) is 4.98 Å². The second-order valence-electron chi connectivity index (χ2n) is 4.74. The second-order valence-corrected chi connectivity index (χ2v) is 6.77. The summed E-state index contributed by atoms with van der Waals surface area (Å²) in [7, 11) is 0. The Labute approximate surface area is 117 Å². The highest BCUT2D eigenvalue weighted by atomic mass is 32.1. The third-order valence-corrected chi connectivity index (χ3v) is 6.19. The Kier molecular flexibility index (Phi) is 1.80. The van der Waals surface area contributed by atoms with E-state index in [0.717, 1.165) is 6.54 Å². The van der Waals surface area contributed by atoms with E-state index < -0.39 is 0 Å². The predicted molar refractivity (Wildman–Crippen MR) is 79.7 cm³/mol. The number of pyridine rings is 1. The fraction of sp³-hybridized carbons (Fsp3) is 0.0667. The van der Waals surface area contributed by atoms with Crippen LogP contribution in [0.5, 0.6) is 0 Å². The van der Waals surface area contributed by atoms with E-state index in [-0.39, 0.29) is 0 Å². The molecule has 2 nitrogen and oxygen atoms in total. The van der Waals surface area contributed by atoms with E-state index in [1.165, 1.54) is 35.9 Å². The Hall–Kier alpha value is -1.78. The van der Waals surface area contributed by atoms with Crippen LogP contribution in [0.4, 0.5) is 0 Å². The maximum absolute atomic E-state index is 4.55. The summed E-state index contributed by atoms with van der Waals surface area (Å²) in [5.41, 5.74) is 2.51. The number of hydrogen-bond acceptors (Lipinski definition) is 3. The topological polar surface area (TPSA) is 16.8 Å². The molecule has 0 atom stereocenters. The van der Waals surface area contributed by atoms with E-state index in [4.69, 9.17) is 0 Å². The second kappa shape index (κ2) is 3.40. The number of benzene rings is 1. The molecule has 1 aliphatic rings. The van der Waals surface area contributed by atoms with Crippen LogP contribution in [0, 0.1) is 0 Å². The summed E-state index contributed by atoms with van der Waals surface area (Å²) in [6, 6.07) is 12.9. The number of nitrogens with zero attached hydrogens (tertiary/aromatic N) is 2. The van der Waals surface area contributed by atoms with Crippen LogP contribution in [-0.4, -0.2) is 4.98 Å². The number of aromatic nitrogens is 2. The fourth-order valence-electron chi connectivity index (χ4n) is 2.78. The lowest BCUT2D eigenvalue weighted by Gasteiger charge is -1.88. The zero-order valence-electron chi connectivity index (χ0n) is 9.96. The molecule has 4 aromatic rings. The molecular weight excluding hydrogens is 272 g/mol. The lowest BCUT2D eigenvalue weighted by Crippen LogP contribution is -2.29. The molecule has 1 aromatic carbocycles. The number of rotatable bonds is 0. The van der Waals surface area contributed by atoms with Crippen molar-refractivity contribution < 1.29 is 4.57 Å². The molecule has 0 aliphatic carbocycles. The van der Waals surface area contributed by atoms with E-state index in [1.54, 1.807) is 0 Å². The molecule has 0 unspecified atom stereocenters. The van der Waals surface area contributed by atoms with Gasteiger partial charge in [0.25, 0.3) is 9.84 Å². The quantitative estimate of drug-likeness (QED) is 0.394. The summed E-state index contributed by atoms with van der Waals surface area (Å²) in [5, 5.41) is 2.69. The van der Waals surface area contributed by atoms with Crippen molar-refractivity contribution in [1.82, 2.24) is 4.98 Å². The van der Waals surface area contributed by atoms with Gasteiger partial charge in [0.15, 0.2) is 12.2 Å². The molecule has 19 heavy (non-hydrogen) atoms. The van der Waals surface area contributed by atoms with E-state index in [9.17, 15) is 0 Å². The smallest absolute Gasteiger partial charge is 0.248 e. The highest BCUT2D eigenvalue weighted by Gasteiger charge is 2.34. The van der Waals surface area contributed by atoms with Gasteiger partial charge in [0, 0.05) is 16.3 Å². The first-order valence-corrected chi connectivity index (χ1v) is 7.83. The number of hydrogen-bond donors (Lipinski definition) is 0. The summed E-state index contributed by atoms with van der Waals surface area (Å²) in [5.74, 6) is 0. The Balaban J connectivity index is 1.93. The maximum atomic E-state index is 4.55. The molecule has 0 spiro atoms. The van der Waals surface area contributed by atoms with Crippen molar-refractivity contribution >= 4 is 42.3 Å². The first-order chi connectivity index (χ1) is 9.42. The highest BCUT2D eigenvalue weighted by molar-refractivity contribution is 7.32.